The van der Waals surface area contributed by atoms with Crippen LogP contribution in [0.3, 0.4) is 0 Å². The first kappa shape index (κ1) is 30.1. The second kappa shape index (κ2) is 15.0. The van der Waals surface area contributed by atoms with Crippen molar-refractivity contribution in [1.29, 1.82) is 0 Å². The molecule has 33 heavy (non-hydrogen) atoms. The molecule has 0 radical (unpaired) electrons. The molecular weight excluding hydrogens is 434 g/mol. The zero-order chi connectivity index (χ0) is 25.7. The predicted molar refractivity (Wildman–Crippen MR) is 123 cm³/mol. The number of guanidine groups is 1. The highest BCUT2D eigenvalue weighted by atomic mass is 16.4. The van der Waals surface area contributed by atoms with E-state index < -0.39 is 60.4 Å². The van der Waals surface area contributed by atoms with Crippen LogP contribution in [0.2, 0.25) is 0 Å². The molecule has 0 aromatic heterocycles. The van der Waals surface area contributed by atoms with Gasteiger partial charge in [0.2, 0.25) is 17.7 Å². The molecule has 0 fully saturated rings. The third-order valence-corrected chi connectivity index (χ3v) is 4.69. The van der Waals surface area contributed by atoms with E-state index in [1.54, 1.807) is 13.8 Å². The monoisotopic (exact) mass is 473 g/mol. The van der Waals surface area contributed by atoms with Gasteiger partial charge in [-0.05, 0) is 31.1 Å². The number of hydrogen-bond acceptors (Lipinski definition) is 7. The lowest BCUT2D eigenvalue weighted by molar-refractivity contribution is -0.143. The van der Waals surface area contributed by atoms with Crippen LogP contribution >= 0.6 is 0 Å². The lowest BCUT2D eigenvalue weighted by Gasteiger charge is -2.26. The maximum Gasteiger partial charge on any atom is 0.326 e. The van der Waals surface area contributed by atoms with Crippen molar-refractivity contribution in [1.82, 2.24) is 16.0 Å². The molecule has 4 unspecified atom stereocenters. The molecule has 0 spiro atoms. The first-order valence-electron chi connectivity index (χ1n) is 10.9. The van der Waals surface area contributed by atoms with Crippen LogP contribution in [0.25, 0.3) is 0 Å². The predicted octanol–water partition coefficient (Wildman–Crippen LogP) is -2.40. The van der Waals surface area contributed by atoms with Gasteiger partial charge in [0.05, 0.1) is 12.6 Å². The first-order chi connectivity index (χ1) is 15.3. The maximum atomic E-state index is 12.7. The van der Waals surface area contributed by atoms with E-state index >= 15 is 0 Å². The number of nitrogens with one attached hydrogen (secondary N) is 3. The molecule has 3 amide bonds. The highest BCUT2D eigenvalue weighted by Crippen LogP contribution is 2.08. The summed E-state index contributed by atoms with van der Waals surface area (Å²) in [5.74, 6) is -3.77. The highest BCUT2D eigenvalue weighted by molar-refractivity contribution is 5.94. The van der Waals surface area contributed by atoms with Gasteiger partial charge in [0, 0.05) is 6.54 Å². The average molecular weight is 474 g/mol. The van der Waals surface area contributed by atoms with E-state index in [9.17, 15) is 29.4 Å². The summed E-state index contributed by atoms with van der Waals surface area (Å²) in [6.45, 7) is 6.54. The van der Waals surface area contributed by atoms with Crippen LogP contribution in [-0.4, -0.2) is 77.2 Å². The fraction of sp³-hybridized carbons (Fsp3) is 0.750. The van der Waals surface area contributed by atoms with Gasteiger partial charge in [-0.1, -0.05) is 27.7 Å². The number of amides is 3. The van der Waals surface area contributed by atoms with Crippen molar-refractivity contribution < 1.29 is 29.4 Å². The summed E-state index contributed by atoms with van der Waals surface area (Å²) in [6.07, 6.45) is 0.890. The molecule has 0 aliphatic carbocycles. The van der Waals surface area contributed by atoms with Gasteiger partial charge >= 0.3 is 5.97 Å². The van der Waals surface area contributed by atoms with Gasteiger partial charge in [0.15, 0.2) is 5.96 Å². The molecule has 4 atom stereocenters. The van der Waals surface area contributed by atoms with E-state index in [-0.39, 0.29) is 31.3 Å². The molecule has 13 nitrogen and oxygen atoms in total. The molecule has 0 saturated carbocycles. The number of aliphatic carboxylic acids is 1. The van der Waals surface area contributed by atoms with Crippen molar-refractivity contribution >= 4 is 29.7 Å². The summed E-state index contributed by atoms with van der Waals surface area (Å²) in [7, 11) is 0. The van der Waals surface area contributed by atoms with Gasteiger partial charge in [0.1, 0.15) is 18.1 Å². The van der Waals surface area contributed by atoms with Gasteiger partial charge in [-0.15, -0.1) is 0 Å². The van der Waals surface area contributed by atoms with E-state index in [0.717, 1.165) is 0 Å². The lowest BCUT2D eigenvalue weighted by atomic mass is 10.00. The summed E-state index contributed by atoms with van der Waals surface area (Å²) < 4.78 is 0. The van der Waals surface area contributed by atoms with E-state index in [1.807, 2.05) is 13.8 Å². The Balaban J connectivity index is 5.06. The molecule has 190 valence electrons. The quantitative estimate of drug-likeness (QED) is 0.0717. The van der Waals surface area contributed by atoms with Crippen molar-refractivity contribution in [2.75, 3.05) is 13.2 Å². The van der Waals surface area contributed by atoms with Crippen molar-refractivity contribution in [2.45, 2.75) is 71.1 Å². The number of carbonyl (C=O) groups excluding carboxylic acids is 3. The zero-order valence-corrected chi connectivity index (χ0v) is 19.7. The second-order valence-corrected chi connectivity index (χ2v) is 8.56. The Morgan fingerprint density at radius 1 is 0.909 bits per heavy atom. The summed E-state index contributed by atoms with van der Waals surface area (Å²) in [6, 6.07) is -4.49. The van der Waals surface area contributed by atoms with Crippen LogP contribution in [0.4, 0.5) is 0 Å². The molecule has 13 heteroatoms. The molecule has 0 aromatic carbocycles. The minimum absolute atomic E-state index is 0.0242. The SMILES string of the molecule is CC(C)CC(NC(=O)C(NC(=O)C(CO)NC(=O)C(N)CCCN=C(N)N)C(C)C)C(=O)O. The fourth-order valence-electron chi connectivity index (χ4n) is 2.87. The van der Waals surface area contributed by atoms with E-state index in [2.05, 4.69) is 20.9 Å². The summed E-state index contributed by atoms with van der Waals surface area (Å²) >= 11 is 0. The largest absolute Gasteiger partial charge is 0.480 e. The van der Waals surface area contributed by atoms with Crippen molar-refractivity contribution in [2.24, 2.45) is 34.0 Å². The maximum absolute atomic E-state index is 12.7. The number of carboxylic acid groups (broad SMARTS) is 1. The van der Waals surface area contributed by atoms with Gasteiger partial charge in [-0.3, -0.25) is 19.4 Å². The van der Waals surface area contributed by atoms with Crippen LogP contribution in [0.15, 0.2) is 4.99 Å². The van der Waals surface area contributed by atoms with Crippen LogP contribution in [0, 0.1) is 11.8 Å². The van der Waals surface area contributed by atoms with Gasteiger partial charge in [-0.2, -0.15) is 0 Å². The number of aliphatic hydroxyl groups excluding tert-OH is 1. The summed E-state index contributed by atoms with van der Waals surface area (Å²) in [4.78, 5) is 52.8. The summed E-state index contributed by atoms with van der Waals surface area (Å²) in [5.41, 5.74) is 16.2. The summed E-state index contributed by atoms with van der Waals surface area (Å²) in [5, 5.41) is 26.2. The Hall–Kier alpha value is -2.93. The first-order valence-corrected chi connectivity index (χ1v) is 10.9. The standard InChI is InChI=1S/C20H39N7O6/c1-10(2)8-13(19(32)33)25-18(31)15(11(3)4)27-17(30)14(9-28)26-16(29)12(21)6-5-7-24-20(22)23/h10-15,28H,5-9,21H2,1-4H3,(H,25,31)(H,26,29)(H,27,30)(H,32,33)(H4,22,23,24). The average Bonchev–Trinajstić information content (AvgIpc) is 2.71. The van der Waals surface area contributed by atoms with Crippen molar-refractivity contribution in [3.05, 3.63) is 0 Å². The normalized spacial score (nSPS) is 14.7. The van der Waals surface area contributed by atoms with Crippen LogP contribution in [0.1, 0.15) is 47.0 Å². The van der Waals surface area contributed by atoms with Crippen LogP contribution < -0.4 is 33.2 Å². The van der Waals surface area contributed by atoms with Crippen LogP contribution in [-0.2, 0) is 19.2 Å². The molecule has 0 saturated heterocycles. The third kappa shape index (κ3) is 12.0. The second-order valence-electron chi connectivity index (χ2n) is 8.56. The highest BCUT2D eigenvalue weighted by Gasteiger charge is 2.31. The fourth-order valence-corrected chi connectivity index (χ4v) is 2.87. The number of aliphatic hydroxyl groups is 1. The molecule has 0 aliphatic rings. The van der Waals surface area contributed by atoms with Crippen molar-refractivity contribution in [3.63, 3.8) is 0 Å². The van der Waals surface area contributed by atoms with E-state index in [4.69, 9.17) is 17.2 Å². The molecule has 0 heterocycles. The molecule has 0 aromatic rings. The van der Waals surface area contributed by atoms with E-state index in [0.29, 0.717) is 6.42 Å². The number of aliphatic imine (C=N–C) groups is 1. The number of hydrogen-bond donors (Lipinski definition) is 8. The Bertz CT molecular complexity index is 694. The molecule has 0 bridgehead atoms. The number of nitrogens with zero attached hydrogens (tertiary/aromatic N) is 1. The third-order valence-electron chi connectivity index (χ3n) is 4.69. The Labute approximate surface area is 193 Å². The number of nitrogens with two attached hydrogens (primary N) is 3. The van der Waals surface area contributed by atoms with E-state index in [1.165, 1.54) is 0 Å². The number of carbonyl (C=O) groups is 4. The minimum Gasteiger partial charge on any atom is -0.480 e. The topological polar surface area (TPSA) is 235 Å². The van der Waals surface area contributed by atoms with Gasteiger partial charge in [0.25, 0.3) is 0 Å². The van der Waals surface area contributed by atoms with Gasteiger partial charge in [-0.25, -0.2) is 4.79 Å². The Morgan fingerprint density at radius 2 is 1.48 bits per heavy atom. The molecular formula is C20H39N7O6. The minimum atomic E-state index is -1.35. The Morgan fingerprint density at radius 3 is 1.94 bits per heavy atom. The molecule has 0 rings (SSSR count). The van der Waals surface area contributed by atoms with Crippen LogP contribution in [0.5, 0.6) is 0 Å². The number of carboxylic acids is 1. The van der Waals surface area contributed by atoms with Gasteiger partial charge < -0.3 is 43.4 Å². The Kier molecular flexibility index (Phi) is 13.7. The molecule has 11 N–H and O–H groups in total. The zero-order valence-electron chi connectivity index (χ0n) is 19.7. The molecule has 0 aliphatic heterocycles. The number of rotatable bonds is 15. The van der Waals surface area contributed by atoms with Crippen molar-refractivity contribution in [3.8, 4) is 0 Å². The smallest absolute Gasteiger partial charge is 0.326 e. The lowest BCUT2D eigenvalue weighted by Crippen LogP contribution is -2.59.